The Morgan fingerprint density at radius 2 is 2.17 bits per heavy atom. The van der Waals surface area contributed by atoms with Crippen LogP contribution in [0.4, 0.5) is 0 Å². The van der Waals surface area contributed by atoms with Crippen LogP contribution in [-0.4, -0.2) is 21.1 Å². The zero-order valence-electron chi connectivity index (χ0n) is 9.21. The van der Waals surface area contributed by atoms with Crippen molar-refractivity contribution in [3.63, 3.8) is 0 Å². The highest BCUT2D eigenvalue weighted by Gasteiger charge is 2.09. The molecule has 0 radical (unpaired) electrons. The standard InChI is InChI=1S/C13H8BrClN2O/c14-5-12(18)7-1-2-11-9(3-7)10-4-8(15)6-16-13(10)17-11/h1-4,6H,5H2,(H,16,17). The zero-order chi connectivity index (χ0) is 12.7. The number of carbonyl (C=O) groups is 1. The lowest BCUT2D eigenvalue weighted by atomic mass is 10.1. The number of alkyl halides is 1. The first kappa shape index (κ1) is 11.7. The molecule has 3 rings (SSSR count). The summed E-state index contributed by atoms with van der Waals surface area (Å²) >= 11 is 9.13. The first-order valence-corrected chi connectivity index (χ1v) is 6.85. The third-order valence-corrected chi connectivity index (χ3v) is 3.58. The summed E-state index contributed by atoms with van der Waals surface area (Å²) in [6.07, 6.45) is 1.60. The van der Waals surface area contributed by atoms with Gasteiger partial charge in [-0.1, -0.05) is 27.5 Å². The molecule has 0 aliphatic carbocycles. The number of rotatable bonds is 2. The molecular weight excluding hydrogens is 316 g/mol. The van der Waals surface area contributed by atoms with Gasteiger partial charge in [-0.2, -0.15) is 0 Å². The number of Topliss-reactive ketones (excluding diaryl/α,β-unsaturated/α-hetero) is 1. The molecule has 2 heterocycles. The summed E-state index contributed by atoms with van der Waals surface area (Å²) in [5.74, 6) is 0.0567. The van der Waals surface area contributed by atoms with Crippen molar-refractivity contribution in [1.29, 1.82) is 0 Å². The number of aromatic nitrogens is 2. The van der Waals surface area contributed by atoms with Crippen LogP contribution in [0.5, 0.6) is 0 Å². The van der Waals surface area contributed by atoms with Crippen molar-refractivity contribution in [2.45, 2.75) is 0 Å². The summed E-state index contributed by atoms with van der Waals surface area (Å²) in [5, 5.41) is 2.80. The van der Waals surface area contributed by atoms with Crippen LogP contribution in [0.3, 0.4) is 0 Å². The number of ketones is 1. The van der Waals surface area contributed by atoms with E-state index in [-0.39, 0.29) is 5.78 Å². The molecule has 3 aromatic rings. The fourth-order valence-corrected chi connectivity index (χ4v) is 2.48. The second kappa shape index (κ2) is 4.37. The molecule has 0 bridgehead atoms. The van der Waals surface area contributed by atoms with Gasteiger partial charge in [0, 0.05) is 28.0 Å². The molecule has 0 aliphatic heterocycles. The molecule has 0 fully saturated rings. The van der Waals surface area contributed by atoms with Crippen LogP contribution in [0.1, 0.15) is 10.4 Å². The lowest BCUT2D eigenvalue weighted by Gasteiger charge is -1.97. The van der Waals surface area contributed by atoms with E-state index < -0.39 is 0 Å². The average Bonchev–Trinajstić information content (AvgIpc) is 2.75. The van der Waals surface area contributed by atoms with Crippen LogP contribution < -0.4 is 0 Å². The van der Waals surface area contributed by atoms with E-state index >= 15 is 0 Å². The van der Waals surface area contributed by atoms with Crippen LogP contribution in [0.15, 0.2) is 30.5 Å². The maximum absolute atomic E-state index is 11.7. The fraction of sp³-hybridized carbons (Fsp3) is 0.0769. The molecule has 0 saturated heterocycles. The predicted molar refractivity (Wildman–Crippen MR) is 76.7 cm³/mol. The summed E-state index contributed by atoms with van der Waals surface area (Å²) < 4.78 is 0. The van der Waals surface area contributed by atoms with Crippen LogP contribution in [0, 0.1) is 0 Å². The first-order valence-electron chi connectivity index (χ1n) is 5.35. The van der Waals surface area contributed by atoms with E-state index in [1.807, 2.05) is 24.3 Å². The molecule has 0 unspecified atom stereocenters. The summed E-state index contributed by atoms with van der Waals surface area (Å²) in [6, 6.07) is 7.42. The number of benzene rings is 1. The number of nitrogens with zero attached hydrogens (tertiary/aromatic N) is 1. The number of hydrogen-bond donors (Lipinski definition) is 1. The van der Waals surface area contributed by atoms with Crippen LogP contribution >= 0.6 is 27.5 Å². The smallest absolute Gasteiger partial charge is 0.173 e. The lowest BCUT2D eigenvalue weighted by Crippen LogP contribution is -1.98. The van der Waals surface area contributed by atoms with E-state index in [4.69, 9.17) is 11.6 Å². The van der Waals surface area contributed by atoms with Crippen molar-refractivity contribution in [2.24, 2.45) is 0 Å². The molecule has 1 aromatic carbocycles. The normalized spacial score (nSPS) is 11.2. The molecule has 0 saturated carbocycles. The summed E-state index contributed by atoms with van der Waals surface area (Å²) in [6.45, 7) is 0. The molecule has 3 nitrogen and oxygen atoms in total. The van der Waals surface area contributed by atoms with Gasteiger partial charge >= 0.3 is 0 Å². The lowest BCUT2D eigenvalue weighted by molar-refractivity contribution is 0.102. The quantitative estimate of drug-likeness (QED) is 0.573. The second-order valence-corrected chi connectivity index (χ2v) is 4.99. The van der Waals surface area contributed by atoms with Gasteiger partial charge in [-0.3, -0.25) is 4.79 Å². The van der Waals surface area contributed by atoms with Crippen molar-refractivity contribution < 1.29 is 4.79 Å². The highest BCUT2D eigenvalue weighted by atomic mass is 79.9. The molecule has 18 heavy (non-hydrogen) atoms. The minimum Gasteiger partial charge on any atom is -0.339 e. The number of halogens is 2. The summed E-state index contributed by atoms with van der Waals surface area (Å²) in [7, 11) is 0. The van der Waals surface area contributed by atoms with Gasteiger partial charge in [0.15, 0.2) is 5.78 Å². The predicted octanol–water partition coefficient (Wildman–Crippen LogP) is 3.95. The molecule has 2 aromatic heterocycles. The topological polar surface area (TPSA) is 45.8 Å². The van der Waals surface area contributed by atoms with Gasteiger partial charge in [0.05, 0.1) is 10.4 Å². The Morgan fingerprint density at radius 1 is 1.33 bits per heavy atom. The molecule has 5 heteroatoms. The Labute approximate surface area is 116 Å². The summed E-state index contributed by atoms with van der Waals surface area (Å²) in [5.41, 5.74) is 2.41. The number of H-pyrrole nitrogens is 1. The van der Waals surface area contributed by atoms with Crippen LogP contribution in [0.25, 0.3) is 21.9 Å². The number of hydrogen-bond acceptors (Lipinski definition) is 2. The van der Waals surface area contributed by atoms with E-state index in [9.17, 15) is 4.79 Å². The number of aromatic amines is 1. The van der Waals surface area contributed by atoms with E-state index in [1.165, 1.54) is 0 Å². The Morgan fingerprint density at radius 3 is 2.94 bits per heavy atom. The van der Waals surface area contributed by atoms with E-state index in [2.05, 4.69) is 25.9 Å². The Bertz CT molecular complexity index is 766. The van der Waals surface area contributed by atoms with Gasteiger partial charge in [-0.15, -0.1) is 0 Å². The average molecular weight is 324 g/mol. The first-order chi connectivity index (χ1) is 8.69. The monoisotopic (exact) mass is 322 g/mol. The third-order valence-electron chi connectivity index (χ3n) is 2.86. The molecular formula is C13H8BrClN2O. The van der Waals surface area contributed by atoms with E-state index in [0.29, 0.717) is 15.9 Å². The van der Waals surface area contributed by atoms with Gasteiger partial charge in [0.25, 0.3) is 0 Å². The molecule has 0 atom stereocenters. The minimum atomic E-state index is 0.0567. The number of fused-ring (bicyclic) bond motifs is 3. The maximum Gasteiger partial charge on any atom is 0.173 e. The number of nitrogens with one attached hydrogen (secondary N) is 1. The fourth-order valence-electron chi connectivity index (χ4n) is 2.00. The number of carbonyl (C=O) groups excluding carboxylic acids is 1. The summed E-state index contributed by atoms with van der Waals surface area (Å²) in [4.78, 5) is 19.1. The van der Waals surface area contributed by atoms with Crippen molar-refractivity contribution in [1.82, 2.24) is 9.97 Å². The Hall–Kier alpha value is -1.39. The van der Waals surface area contributed by atoms with Crippen molar-refractivity contribution in [3.8, 4) is 0 Å². The molecule has 90 valence electrons. The highest BCUT2D eigenvalue weighted by Crippen LogP contribution is 2.27. The van der Waals surface area contributed by atoms with Gasteiger partial charge in [-0.05, 0) is 24.3 Å². The molecule has 1 N–H and O–H groups in total. The van der Waals surface area contributed by atoms with Gasteiger partial charge < -0.3 is 4.98 Å². The maximum atomic E-state index is 11.7. The minimum absolute atomic E-state index is 0.0567. The molecule has 0 amide bonds. The van der Waals surface area contributed by atoms with E-state index in [1.54, 1.807) is 6.20 Å². The van der Waals surface area contributed by atoms with Gasteiger partial charge in [0.1, 0.15) is 5.65 Å². The van der Waals surface area contributed by atoms with Crippen molar-refractivity contribution in [2.75, 3.05) is 5.33 Å². The SMILES string of the molecule is O=C(CBr)c1ccc2[nH]c3ncc(Cl)cc3c2c1. The highest BCUT2D eigenvalue weighted by molar-refractivity contribution is 9.09. The largest absolute Gasteiger partial charge is 0.339 e. The third kappa shape index (κ3) is 1.82. The van der Waals surface area contributed by atoms with Gasteiger partial charge in [0.2, 0.25) is 0 Å². The van der Waals surface area contributed by atoms with Crippen molar-refractivity contribution in [3.05, 3.63) is 41.0 Å². The zero-order valence-corrected chi connectivity index (χ0v) is 11.5. The van der Waals surface area contributed by atoms with Crippen LogP contribution in [0.2, 0.25) is 5.02 Å². The van der Waals surface area contributed by atoms with Crippen molar-refractivity contribution >= 4 is 55.3 Å². The molecule has 0 aliphatic rings. The molecule has 0 spiro atoms. The Balaban J connectivity index is 2.34. The van der Waals surface area contributed by atoms with Gasteiger partial charge in [-0.25, -0.2) is 4.98 Å². The second-order valence-electron chi connectivity index (χ2n) is 3.99. The Kier molecular flexibility index (Phi) is 2.84. The van der Waals surface area contributed by atoms with E-state index in [0.717, 1.165) is 21.9 Å². The van der Waals surface area contributed by atoms with Crippen LogP contribution in [-0.2, 0) is 0 Å². The number of pyridine rings is 1.